The van der Waals surface area contributed by atoms with Crippen LogP contribution in [0.25, 0.3) is 0 Å². The molecule has 0 spiro atoms. The first kappa shape index (κ1) is 15.4. The van der Waals surface area contributed by atoms with Crippen LogP contribution >= 0.6 is 11.8 Å². The van der Waals surface area contributed by atoms with Crippen LogP contribution in [0.4, 0.5) is 11.4 Å². The standard InChI is InChI=1S/C16H17NO3S2/c1-2-3-6-11-9-10-14-15(16(11)22(18,19)20)17-12-7-4-5-8-13(12)21-14/h4-5,7-10,17H,2-3,6H2,1H3,(H,18,19,20). The normalized spacial score (nSPS) is 13.2. The van der Waals surface area contributed by atoms with E-state index < -0.39 is 10.1 Å². The van der Waals surface area contributed by atoms with Crippen LogP contribution in [0.1, 0.15) is 25.3 Å². The lowest BCUT2D eigenvalue weighted by atomic mass is 10.1. The predicted molar refractivity (Wildman–Crippen MR) is 88.7 cm³/mol. The maximum atomic E-state index is 11.9. The van der Waals surface area contributed by atoms with Gasteiger partial charge in [-0.2, -0.15) is 8.42 Å². The van der Waals surface area contributed by atoms with Gasteiger partial charge in [0.1, 0.15) is 4.90 Å². The van der Waals surface area contributed by atoms with E-state index in [1.54, 1.807) is 6.07 Å². The summed E-state index contributed by atoms with van der Waals surface area (Å²) in [5, 5.41) is 3.17. The Morgan fingerprint density at radius 2 is 1.91 bits per heavy atom. The van der Waals surface area contributed by atoms with Gasteiger partial charge in [0, 0.05) is 9.79 Å². The van der Waals surface area contributed by atoms with E-state index in [1.165, 1.54) is 11.8 Å². The van der Waals surface area contributed by atoms with Gasteiger partial charge in [-0.1, -0.05) is 43.3 Å². The van der Waals surface area contributed by atoms with Crippen LogP contribution in [0.3, 0.4) is 0 Å². The highest BCUT2D eigenvalue weighted by molar-refractivity contribution is 7.99. The number of fused-ring (bicyclic) bond motifs is 2. The number of anilines is 2. The molecule has 1 heterocycles. The largest absolute Gasteiger partial charge is 0.353 e. The third kappa shape index (κ3) is 2.86. The van der Waals surface area contributed by atoms with E-state index in [1.807, 2.05) is 30.3 Å². The number of rotatable bonds is 4. The minimum atomic E-state index is -4.28. The summed E-state index contributed by atoms with van der Waals surface area (Å²) in [6.07, 6.45) is 2.48. The summed E-state index contributed by atoms with van der Waals surface area (Å²) >= 11 is 1.51. The van der Waals surface area contributed by atoms with Crippen molar-refractivity contribution >= 4 is 33.3 Å². The molecule has 116 valence electrons. The zero-order valence-corrected chi connectivity index (χ0v) is 13.8. The highest BCUT2D eigenvalue weighted by atomic mass is 32.2. The first-order valence-corrected chi connectivity index (χ1v) is 9.43. The van der Waals surface area contributed by atoms with E-state index in [0.29, 0.717) is 17.7 Å². The monoisotopic (exact) mass is 335 g/mol. The molecule has 0 fully saturated rings. The predicted octanol–water partition coefficient (Wildman–Crippen LogP) is 4.48. The van der Waals surface area contributed by atoms with Crippen LogP contribution in [0, 0.1) is 0 Å². The highest BCUT2D eigenvalue weighted by Crippen LogP contribution is 2.47. The average molecular weight is 335 g/mol. The lowest BCUT2D eigenvalue weighted by molar-refractivity contribution is 0.482. The zero-order valence-electron chi connectivity index (χ0n) is 12.2. The Balaban J connectivity index is 2.14. The lowest BCUT2D eigenvalue weighted by Crippen LogP contribution is -2.11. The summed E-state index contributed by atoms with van der Waals surface area (Å²) in [4.78, 5) is 1.87. The van der Waals surface area contributed by atoms with Gasteiger partial charge in [-0.3, -0.25) is 4.55 Å². The van der Waals surface area contributed by atoms with Crippen molar-refractivity contribution in [3.05, 3.63) is 42.0 Å². The summed E-state index contributed by atoms with van der Waals surface area (Å²) in [7, 11) is -4.28. The summed E-state index contributed by atoms with van der Waals surface area (Å²) in [5.41, 5.74) is 2.01. The molecule has 2 aromatic rings. The van der Waals surface area contributed by atoms with Gasteiger partial charge in [-0.15, -0.1) is 0 Å². The molecule has 0 aromatic heterocycles. The quantitative estimate of drug-likeness (QED) is 0.688. The Kier molecular flexibility index (Phi) is 4.16. The summed E-state index contributed by atoms with van der Waals surface area (Å²) in [6, 6.07) is 11.4. The molecular formula is C16H17NO3S2. The van der Waals surface area contributed by atoms with Crippen molar-refractivity contribution in [1.29, 1.82) is 0 Å². The molecule has 0 radical (unpaired) electrons. The van der Waals surface area contributed by atoms with Crippen molar-refractivity contribution in [1.82, 2.24) is 0 Å². The van der Waals surface area contributed by atoms with Crippen LogP contribution in [-0.2, 0) is 16.5 Å². The molecule has 2 aromatic carbocycles. The highest BCUT2D eigenvalue weighted by Gasteiger charge is 2.26. The summed E-state index contributed by atoms with van der Waals surface area (Å²) in [6.45, 7) is 2.05. The van der Waals surface area contributed by atoms with Crippen molar-refractivity contribution in [2.75, 3.05) is 5.32 Å². The average Bonchev–Trinajstić information content (AvgIpc) is 2.49. The fraction of sp³-hybridized carbons (Fsp3) is 0.250. The molecule has 1 aliphatic heterocycles. The Labute approximate surface area is 134 Å². The fourth-order valence-corrected chi connectivity index (χ4v) is 4.57. The number of hydrogen-bond donors (Lipinski definition) is 2. The second kappa shape index (κ2) is 5.95. The Morgan fingerprint density at radius 3 is 2.64 bits per heavy atom. The van der Waals surface area contributed by atoms with Gasteiger partial charge in [-0.05, 0) is 36.6 Å². The van der Waals surface area contributed by atoms with Crippen LogP contribution < -0.4 is 5.32 Å². The first-order valence-electron chi connectivity index (χ1n) is 7.18. The van der Waals surface area contributed by atoms with E-state index in [9.17, 15) is 13.0 Å². The molecule has 4 nitrogen and oxygen atoms in total. The van der Waals surface area contributed by atoms with Gasteiger partial charge in [0.2, 0.25) is 0 Å². The molecule has 6 heteroatoms. The van der Waals surface area contributed by atoms with Crippen LogP contribution in [-0.4, -0.2) is 13.0 Å². The molecule has 0 atom stereocenters. The molecular weight excluding hydrogens is 318 g/mol. The maximum absolute atomic E-state index is 11.9. The van der Waals surface area contributed by atoms with Gasteiger partial charge >= 0.3 is 0 Å². The molecule has 0 unspecified atom stereocenters. The minimum Gasteiger partial charge on any atom is -0.353 e. The topological polar surface area (TPSA) is 66.4 Å². The fourth-order valence-electron chi connectivity index (χ4n) is 2.58. The van der Waals surface area contributed by atoms with Gasteiger partial charge in [0.15, 0.2) is 0 Å². The molecule has 3 rings (SSSR count). The number of hydrogen-bond acceptors (Lipinski definition) is 4. The number of unbranched alkanes of at least 4 members (excludes halogenated alkanes) is 1. The van der Waals surface area contributed by atoms with Crippen molar-refractivity contribution in [3.8, 4) is 0 Å². The number of benzene rings is 2. The smallest absolute Gasteiger partial charge is 0.296 e. The van der Waals surface area contributed by atoms with Crippen molar-refractivity contribution in [2.45, 2.75) is 40.9 Å². The summed E-state index contributed by atoms with van der Waals surface area (Å²) in [5.74, 6) is 0. The molecule has 0 bridgehead atoms. The van der Waals surface area contributed by atoms with E-state index in [4.69, 9.17) is 0 Å². The molecule has 0 saturated carbocycles. The first-order chi connectivity index (χ1) is 10.5. The number of aryl methyl sites for hydroxylation is 1. The molecule has 0 saturated heterocycles. The minimum absolute atomic E-state index is 0.0143. The van der Waals surface area contributed by atoms with E-state index in [2.05, 4.69) is 12.2 Å². The molecule has 0 aliphatic carbocycles. The van der Waals surface area contributed by atoms with Crippen molar-refractivity contribution in [2.24, 2.45) is 0 Å². The third-order valence-corrected chi connectivity index (χ3v) is 5.74. The van der Waals surface area contributed by atoms with Crippen molar-refractivity contribution < 1.29 is 13.0 Å². The van der Waals surface area contributed by atoms with Crippen LogP contribution in [0.5, 0.6) is 0 Å². The Bertz CT molecular complexity index is 816. The summed E-state index contributed by atoms with van der Waals surface area (Å²) < 4.78 is 33.5. The lowest BCUT2D eigenvalue weighted by Gasteiger charge is -2.24. The van der Waals surface area contributed by atoms with E-state index in [-0.39, 0.29) is 4.90 Å². The molecule has 0 amide bonds. The van der Waals surface area contributed by atoms with Crippen LogP contribution in [0.15, 0.2) is 51.1 Å². The zero-order chi connectivity index (χ0) is 15.7. The Hall–Kier alpha value is -1.50. The third-order valence-electron chi connectivity index (χ3n) is 3.63. The van der Waals surface area contributed by atoms with Gasteiger partial charge in [0.25, 0.3) is 10.1 Å². The molecule has 22 heavy (non-hydrogen) atoms. The van der Waals surface area contributed by atoms with Crippen LogP contribution in [0.2, 0.25) is 0 Å². The number of para-hydroxylation sites is 1. The molecule has 2 N–H and O–H groups in total. The van der Waals surface area contributed by atoms with E-state index >= 15 is 0 Å². The van der Waals surface area contributed by atoms with E-state index in [0.717, 1.165) is 28.3 Å². The van der Waals surface area contributed by atoms with Gasteiger partial charge in [-0.25, -0.2) is 0 Å². The second-order valence-corrected chi connectivity index (χ2v) is 7.67. The maximum Gasteiger partial charge on any atom is 0.296 e. The van der Waals surface area contributed by atoms with Crippen molar-refractivity contribution in [3.63, 3.8) is 0 Å². The number of nitrogens with one attached hydrogen (secondary N) is 1. The molecule has 1 aliphatic rings. The SMILES string of the molecule is CCCCc1ccc2c(c1S(=O)(=O)O)Nc1ccccc1S2. The van der Waals surface area contributed by atoms with Gasteiger partial charge in [0.05, 0.1) is 11.4 Å². The Morgan fingerprint density at radius 1 is 1.14 bits per heavy atom. The van der Waals surface area contributed by atoms with Gasteiger partial charge < -0.3 is 5.32 Å². The second-order valence-electron chi connectivity index (χ2n) is 5.23.